The van der Waals surface area contributed by atoms with Gasteiger partial charge in [-0.1, -0.05) is 72.8 Å². The maximum absolute atomic E-state index is 12.0. The van der Waals surface area contributed by atoms with Gasteiger partial charge in [-0.2, -0.15) is 0 Å². The lowest BCUT2D eigenvalue weighted by Crippen LogP contribution is -2.35. The molecule has 1 unspecified atom stereocenters. The van der Waals surface area contributed by atoms with Crippen molar-refractivity contribution in [2.24, 2.45) is 0 Å². The fourth-order valence-corrected chi connectivity index (χ4v) is 2.10. The van der Waals surface area contributed by atoms with Crippen LogP contribution in [0.1, 0.15) is 17.2 Å². The summed E-state index contributed by atoms with van der Waals surface area (Å²) in [6, 6.07) is 19.5. The van der Waals surface area contributed by atoms with Gasteiger partial charge in [-0.25, -0.2) is 0 Å². The van der Waals surface area contributed by atoms with Crippen molar-refractivity contribution in [3.63, 3.8) is 0 Å². The van der Waals surface area contributed by atoms with E-state index in [9.17, 15) is 4.79 Å². The minimum atomic E-state index is -0.336. The molecule has 2 aromatic carbocycles. The summed E-state index contributed by atoms with van der Waals surface area (Å²) < 4.78 is 0. The fourth-order valence-electron chi connectivity index (χ4n) is 2.10. The molecule has 1 amide bonds. The third kappa shape index (κ3) is 4.58. The Bertz CT molecular complexity index is 579. The van der Waals surface area contributed by atoms with E-state index >= 15 is 0 Å². The van der Waals surface area contributed by atoms with E-state index < -0.39 is 0 Å². The topological polar surface area (TPSA) is 41.1 Å². The summed E-state index contributed by atoms with van der Waals surface area (Å²) in [7, 11) is 1.65. The van der Waals surface area contributed by atoms with Gasteiger partial charge in [0.2, 0.25) is 5.91 Å². The molecule has 0 saturated carbocycles. The lowest BCUT2D eigenvalue weighted by molar-refractivity contribution is -0.122. The van der Waals surface area contributed by atoms with Crippen LogP contribution in [0.25, 0.3) is 6.08 Å². The molecule has 108 valence electrons. The van der Waals surface area contributed by atoms with Gasteiger partial charge in [0.25, 0.3) is 0 Å². The number of hydrogen-bond donors (Lipinski definition) is 2. The summed E-state index contributed by atoms with van der Waals surface area (Å²) in [6.45, 7) is 0.627. The highest BCUT2D eigenvalue weighted by Gasteiger charge is 2.17. The van der Waals surface area contributed by atoms with Crippen molar-refractivity contribution in [1.82, 2.24) is 10.6 Å². The summed E-state index contributed by atoms with van der Waals surface area (Å²) in [5, 5.41) is 5.95. The Morgan fingerprint density at radius 1 is 1.05 bits per heavy atom. The normalized spacial score (nSPS) is 12.2. The first-order chi connectivity index (χ1) is 10.3. The van der Waals surface area contributed by atoms with Crippen molar-refractivity contribution in [1.29, 1.82) is 0 Å². The van der Waals surface area contributed by atoms with E-state index in [-0.39, 0.29) is 11.9 Å². The van der Waals surface area contributed by atoms with Crippen LogP contribution >= 0.6 is 0 Å². The van der Waals surface area contributed by atoms with Crippen LogP contribution in [0.2, 0.25) is 0 Å². The van der Waals surface area contributed by atoms with Crippen LogP contribution in [0.3, 0.4) is 0 Å². The molecule has 0 fully saturated rings. The zero-order valence-corrected chi connectivity index (χ0v) is 12.1. The highest BCUT2D eigenvalue weighted by molar-refractivity contribution is 5.82. The molecule has 2 N–H and O–H groups in total. The molecule has 0 aliphatic rings. The Balaban J connectivity index is 1.97. The molecule has 0 aliphatic carbocycles. The van der Waals surface area contributed by atoms with Crippen LogP contribution in [-0.4, -0.2) is 19.5 Å². The summed E-state index contributed by atoms with van der Waals surface area (Å²) >= 11 is 0. The molecule has 3 heteroatoms. The molecular weight excluding hydrogens is 260 g/mol. The Kier molecular flexibility index (Phi) is 5.73. The Morgan fingerprint density at radius 2 is 1.67 bits per heavy atom. The molecule has 0 spiro atoms. The maximum Gasteiger partial charge on any atom is 0.241 e. The summed E-state index contributed by atoms with van der Waals surface area (Å²) in [4.78, 5) is 12.0. The van der Waals surface area contributed by atoms with E-state index in [2.05, 4.69) is 10.6 Å². The lowest BCUT2D eigenvalue weighted by atomic mass is 10.1. The minimum absolute atomic E-state index is 0.0330. The maximum atomic E-state index is 12.0. The molecule has 0 saturated heterocycles. The molecule has 1 atom stereocenters. The summed E-state index contributed by atoms with van der Waals surface area (Å²) in [5.41, 5.74) is 2.11. The summed E-state index contributed by atoms with van der Waals surface area (Å²) in [6.07, 6.45) is 4.06. The average molecular weight is 280 g/mol. The molecule has 0 radical (unpaired) electrons. The van der Waals surface area contributed by atoms with Gasteiger partial charge in [-0.3, -0.25) is 10.1 Å². The quantitative estimate of drug-likeness (QED) is 0.854. The standard InChI is InChI=1S/C18H20N2O/c1-19-18(21)17(16-12-6-3-7-13-16)20-14-8-11-15-9-4-2-5-10-15/h2-13,17,20H,14H2,1H3,(H,19,21)/b11-8+. The van der Waals surface area contributed by atoms with Gasteiger partial charge >= 0.3 is 0 Å². The first-order valence-electron chi connectivity index (χ1n) is 7.03. The van der Waals surface area contributed by atoms with Crippen molar-refractivity contribution in [3.05, 3.63) is 77.9 Å². The van der Waals surface area contributed by atoms with Gasteiger partial charge in [0.05, 0.1) is 0 Å². The van der Waals surface area contributed by atoms with Gasteiger partial charge in [0.1, 0.15) is 6.04 Å². The molecule has 0 aliphatic heterocycles. The first-order valence-corrected chi connectivity index (χ1v) is 7.03. The van der Waals surface area contributed by atoms with Gasteiger partial charge in [0.15, 0.2) is 0 Å². The number of amides is 1. The van der Waals surface area contributed by atoms with Crippen LogP contribution in [0.15, 0.2) is 66.7 Å². The summed E-state index contributed by atoms with van der Waals surface area (Å²) in [5.74, 6) is -0.0330. The minimum Gasteiger partial charge on any atom is -0.358 e. The molecule has 2 rings (SSSR count). The molecule has 0 aromatic heterocycles. The number of rotatable bonds is 6. The van der Waals surface area contributed by atoms with Gasteiger partial charge < -0.3 is 5.32 Å². The van der Waals surface area contributed by atoms with Gasteiger partial charge in [-0.15, -0.1) is 0 Å². The Morgan fingerprint density at radius 3 is 2.29 bits per heavy atom. The number of carbonyl (C=O) groups is 1. The predicted octanol–water partition coefficient (Wildman–Crippen LogP) is 2.78. The number of hydrogen-bond acceptors (Lipinski definition) is 2. The largest absolute Gasteiger partial charge is 0.358 e. The monoisotopic (exact) mass is 280 g/mol. The van der Waals surface area contributed by atoms with Crippen molar-refractivity contribution >= 4 is 12.0 Å². The van der Waals surface area contributed by atoms with Crippen LogP contribution in [0.5, 0.6) is 0 Å². The number of likely N-dealkylation sites (N-methyl/N-ethyl adjacent to an activating group) is 1. The molecule has 3 nitrogen and oxygen atoms in total. The second-order valence-electron chi connectivity index (χ2n) is 4.68. The van der Waals surface area contributed by atoms with Gasteiger partial charge in [-0.05, 0) is 11.1 Å². The van der Waals surface area contributed by atoms with Crippen molar-refractivity contribution in [2.75, 3.05) is 13.6 Å². The van der Waals surface area contributed by atoms with E-state index in [4.69, 9.17) is 0 Å². The first kappa shape index (κ1) is 15.0. The van der Waals surface area contributed by atoms with Crippen LogP contribution < -0.4 is 10.6 Å². The van der Waals surface area contributed by atoms with Crippen molar-refractivity contribution < 1.29 is 4.79 Å². The molecular formula is C18H20N2O. The molecule has 2 aromatic rings. The van der Waals surface area contributed by atoms with E-state index in [1.165, 1.54) is 0 Å². The third-order valence-corrected chi connectivity index (χ3v) is 3.19. The smallest absolute Gasteiger partial charge is 0.241 e. The zero-order chi connectivity index (χ0) is 14.9. The van der Waals surface area contributed by atoms with E-state index in [0.717, 1.165) is 11.1 Å². The molecule has 0 heterocycles. The number of benzene rings is 2. The Labute approximate surface area is 125 Å². The number of nitrogens with one attached hydrogen (secondary N) is 2. The molecule has 21 heavy (non-hydrogen) atoms. The lowest BCUT2D eigenvalue weighted by Gasteiger charge is -2.16. The molecule has 0 bridgehead atoms. The number of carbonyl (C=O) groups excluding carboxylic acids is 1. The van der Waals surface area contributed by atoms with Crippen LogP contribution in [-0.2, 0) is 4.79 Å². The Hall–Kier alpha value is -2.39. The van der Waals surface area contributed by atoms with Gasteiger partial charge in [0, 0.05) is 13.6 Å². The highest BCUT2D eigenvalue weighted by Crippen LogP contribution is 2.12. The van der Waals surface area contributed by atoms with Crippen molar-refractivity contribution in [3.8, 4) is 0 Å². The second-order valence-corrected chi connectivity index (χ2v) is 4.68. The van der Waals surface area contributed by atoms with Crippen LogP contribution in [0, 0.1) is 0 Å². The predicted molar refractivity (Wildman–Crippen MR) is 86.7 cm³/mol. The SMILES string of the molecule is CNC(=O)C(NC/C=C/c1ccccc1)c1ccccc1. The van der Waals surface area contributed by atoms with E-state index in [1.54, 1.807) is 7.05 Å². The van der Waals surface area contributed by atoms with Crippen LogP contribution in [0.4, 0.5) is 0 Å². The van der Waals surface area contributed by atoms with E-state index in [1.807, 2.05) is 72.8 Å². The third-order valence-electron chi connectivity index (χ3n) is 3.19. The fraction of sp³-hybridized carbons (Fsp3) is 0.167. The van der Waals surface area contributed by atoms with E-state index in [0.29, 0.717) is 6.54 Å². The average Bonchev–Trinajstić information content (AvgIpc) is 2.56. The van der Waals surface area contributed by atoms with Crippen molar-refractivity contribution in [2.45, 2.75) is 6.04 Å². The zero-order valence-electron chi connectivity index (χ0n) is 12.1. The second kappa shape index (κ2) is 8.02. The highest BCUT2D eigenvalue weighted by atomic mass is 16.2.